The summed E-state index contributed by atoms with van der Waals surface area (Å²) in [4.78, 5) is 10.6. The quantitative estimate of drug-likeness (QED) is 0.800. The number of aldehydes is 1. The van der Waals surface area contributed by atoms with Crippen LogP contribution in [0.5, 0.6) is 0 Å². The SMILES string of the molecule is CNC(C=O)c1cccc(Br)c1. The molecular formula is C9H10BrNO. The molecule has 0 fully saturated rings. The normalized spacial score (nSPS) is 12.5. The Kier molecular flexibility index (Phi) is 3.44. The summed E-state index contributed by atoms with van der Waals surface area (Å²) >= 11 is 3.35. The number of halogens is 1. The fourth-order valence-corrected chi connectivity index (χ4v) is 1.43. The Bertz CT molecular complexity index is 275. The van der Waals surface area contributed by atoms with Crippen molar-refractivity contribution in [3.8, 4) is 0 Å². The minimum atomic E-state index is -0.206. The molecule has 1 atom stereocenters. The van der Waals surface area contributed by atoms with Gasteiger partial charge in [0, 0.05) is 4.47 Å². The van der Waals surface area contributed by atoms with E-state index in [1.807, 2.05) is 24.3 Å². The Labute approximate surface area is 80.1 Å². The van der Waals surface area contributed by atoms with E-state index in [2.05, 4.69) is 21.2 Å². The van der Waals surface area contributed by atoms with Crippen LogP contribution in [0.3, 0.4) is 0 Å². The van der Waals surface area contributed by atoms with Gasteiger partial charge in [-0.3, -0.25) is 0 Å². The zero-order valence-corrected chi connectivity index (χ0v) is 8.34. The highest BCUT2D eigenvalue weighted by molar-refractivity contribution is 9.10. The Morgan fingerprint density at radius 3 is 2.83 bits per heavy atom. The lowest BCUT2D eigenvalue weighted by molar-refractivity contribution is -0.109. The van der Waals surface area contributed by atoms with Crippen molar-refractivity contribution in [1.82, 2.24) is 5.32 Å². The van der Waals surface area contributed by atoms with Crippen molar-refractivity contribution in [3.63, 3.8) is 0 Å². The number of benzene rings is 1. The van der Waals surface area contributed by atoms with Gasteiger partial charge >= 0.3 is 0 Å². The molecule has 2 nitrogen and oxygen atoms in total. The number of rotatable bonds is 3. The molecule has 0 saturated carbocycles. The molecule has 0 bridgehead atoms. The number of likely N-dealkylation sites (N-methyl/N-ethyl adjacent to an activating group) is 1. The number of hydrogen-bond acceptors (Lipinski definition) is 2. The second-order valence-corrected chi connectivity index (χ2v) is 3.37. The first-order valence-corrected chi connectivity index (χ1v) is 4.45. The second-order valence-electron chi connectivity index (χ2n) is 2.46. The minimum Gasteiger partial charge on any atom is -0.307 e. The van der Waals surface area contributed by atoms with E-state index in [-0.39, 0.29) is 6.04 Å². The third-order valence-corrected chi connectivity index (χ3v) is 2.15. The molecule has 1 aromatic carbocycles. The molecule has 0 aliphatic rings. The van der Waals surface area contributed by atoms with Crippen LogP contribution in [0.1, 0.15) is 11.6 Å². The van der Waals surface area contributed by atoms with Crippen LogP contribution in [0.15, 0.2) is 28.7 Å². The van der Waals surface area contributed by atoms with Gasteiger partial charge in [0.25, 0.3) is 0 Å². The van der Waals surface area contributed by atoms with Crippen molar-refractivity contribution in [2.75, 3.05) is 7.05 Å². The van der Waals surface area contributed by atoms with E-state index < -0.39 is 0 Å². The standard InChI is InChI=1S/C9H10BrNO/c1-11-9(6-12)7-3-2-4-8(10)5-7/h2-6,9,11H,1H3. The van der Waals surface area contributed by atoms with E-state index in [1.54, 1.807) is 7.05 Å². The van der Waals surface area contributed by atoms with Crippen LogP contribution >= 0.6 is 15.9 Å². The average Bonchev–Trinajstić information content (AvgIpc) is 2.07. The number of hydrogen-bond donors (Lipinski definition) is 1. The summed E-state index contributed by atoms with van der Waals surface area (Å²) in [5.41, 5.74) is 0.974. The Balaban J connectivity index is 2.93. The van der Waals surface area contributed by atoms with Gasteiger partial charge in [0.2, 0.25) is 0 Å². The molecule has 0 radical (unpaired) electrons. The summed E-state index contributed by atoms with van der Waals surface area (Å²) in [6, 6.07) is 7.48. The Hall–Kier alpha value is -0.670. The maximum atomic E-state index is 10.6. The summed E-state index contributed by atoms with van der Waals surface area (Å²) in [6.45, 7) is 0. The Morgan fingerprint density at radius 2 is 2.33 bits per heavy atom. The highest BCUT2D eigenvalue weighted by Crippen LogP contribution is 2.16. The molecule has 64 valence electrons. The highest BCUT2D eigenvalue weighted by Gasteiger charge is 2.06. The smallest absolute Gasteiger partial charge is 0.141 e. The minimum absolute atomic E-state index is 0.206. The lowest BCUT2D eigenvalue weighted by Gasteiger charge is -2.08. The first kappa shape index (κ1) is 9.42. The molecule has 0 aliphatic carbocycles. The van der Waals surface area contributed by atoms with Gasteiger partial charge in [0.1, 0.15) is 6.29 Å². The monoisotopic (exact) mass is 227 g/mol. The van der Waals surface area contributed by atoms with Gasteiger partial charge in [0.15, 0.2) is 0 Å². The van der Waals surface area contributed by atoms with Crippen LogP contribution in [0.4, 0.5) is 0 Å². The molecule has 0 saturated heterocycles. The van der Waals surface area contributed by atoms with Gasteiger partial charge in [-0.05, 0) is 24.7 Å². The van der Waals surface area contributed by atoms with Gasteiger partial charge < -0.3 is 10.1 Å². The van der Waals surface area contributed by atoms with Crippen LogP contribution in [0.25, 0.3) is 0 Å². The summed E-state index contributed by atoms with van der Waals surface area (Å²) in [5.74, 6) is 0. The van der Waals surface area contributed by atoms with Crippen LogP contribution < -0.4 is 5.32 Å². The van der Waals surface area contributed by atoms with Crippen LogP contribution in [0.2, 0.25) is 0 Å². The lowest BCUT2D eigenvalue weighted by atomic mass is 10.1. The zero-order chi connectivity index (χ0) is 8.97. The largest absolute Gasteiger partial charge is 0.307 e. The van der Waals surface area contributed by atoms with Crippen molar-refractivity contribution in [3.05, 3.63) is 34.3 Å². The van der Waals surface area contributed by atoms with E-state index in [0.29, 0.717) is 0 Å². The van der Waals surface area contributed by atoms with E-state index in [0.717, 1.165) is 16.3 Å². The van der Waals surface area contributed by atoms with Gasteiger partial charge in [-0.25, -0.2) is 0 Å². The van der Waals surface area contributed by atoms with Gasteiger partial charge in [-0.2, -0.15) is 0 Å². The maximum Gasteiger partial charge on any atom is 0.141 e. The van der Waals surface area contributed by atoms with Gasteiger partial charge in [-0.15, -0.1) is 0 Å². The molecule has 0 aliphatic heterocycles. The molecule has 12 heavy (non-hydrogen) atoms. The van der Waals surface area contributed by atoms with Crippen molar-refractivity contribution < 1.29 is 4.79 Å². The van der Waals surface area contributed by atoms with Crippen molar-refractivity contribution >= 4 is 22.2 Å². The molecular weight excluding hydrogens is 218 g/mol. The summed E-state index contributed by atoms with van der Waals surface area (Å²) < 4.78 is 0.988. The van der Waals surface area contributed by atoms with E-state index in [1.165, 1.54) is 0 Å². The van der Waals surface area contributed by atoms with Crippen LogP contribution in [0, 0.1) is 0 Å². The van der Waals surface area contributed by atoms with Gasteiger partial charge in [-0.1, -0.05) is 28.1 Å². The van der Waals surface area contributed by atoms with E-state index >= 15 is 0 Å². The second kappa shape index (κ2) is 4.38. The topological polar surface area (TPSA) is 29.1 Å². The molecule has 3 heteroatoms. The predicted octanol–water partition coefficient (Wildman–Crippen LogP) is 1.91. The zero-order valence-electron chi connectivity index (χ0n) is 6.75. The summed E-state index contributed by atoms with van der Waals surface area (Å²) in [5, 5.41) is 2.91. The fourth-order valence-electron chi connectivity index (χ4n) is 1.01. The molecule has 1 unspecified atom stereocenters. The number of nitrogens with one attached hydrogen (secondary N) is 1. The van der Waals surface area contributed by atoms with Crippen molar-refractivity contribution in [2.24, 2.45) is 0 Å². The molecule has 1 rings (SSSR count). The van der Waals surface area contributed by atoms with Crippen LogP contribution in [-0.4, -0.2) is 13.3 Å². The van der Waals surface area contributed by atoms with E-state index in [9.17, 15) is 4.79 Å². The first-order valence-electron chi connectivity index (χ1n) is 3.66. The van der Waals surface area contributed by atoms with Gasteiger partial charge in [0.05, 0.1) is 6.04 Å². The molecule has 1 N–H and O–H groups in total. The number of carbonyl (C=O) groups is 1. The third-order valence-electron chi connectivity index (χ3n) is 1.65. The predicted molar refractivity (Wildman–Crippen MR) is 52.0 cm³/mol. The molecule has 1 aromatic rings. The highest BCUT2D eigenvalue weighted by atomic mass is 79.9. The maximum absolute atomic E-state index is 10.6. The number of carbonyl (C=O) groups excluding carboxylic acids is 1. The molecule has 0 heterocycles. The Morgan fingerprint density at radius 1 is 1.58 bits per heavy atom. The average molecular weight is 228 g/mol. The van der Waals surface area contributed by atoms with Crippen molar-refractivity contribution in [2.45, 2.75) is 6.04 Å². The molecule has 0 aromatic heterocycles. The molecule has 0 spiro atoms. The first-order chi connectivity index (χ1) is 5.77. The van der Waals surface area contributed by atoms with E-state index in [4.69, 9.17) is 0 Å². The fraction of sp³-hybridized carbons (Fsp3) is 0.222. The van der Waals surface area contributed by atoms with Crippen molar-refractivity contribution in [1.29, 1.82) is 0 Å². The third kappa shape index (κ3) is 2.16. The summed E-state index contributed by atoms with van der Waals surface area (Å²) in [6.07, 6.45) is 0.891. The molecule has 0 amide bonds. The van der Waals surface area contributed by atoms with Crippen LogP contribution in [-0.2, 0) is 4.79 Å². The lowest BCUT2D eigenvalue weighted by Crippen LogP contribution is -2.17. The summed E-state index contributed by atoms with van der Waals surface area (Å²) in [7, 11) is 1.76.